The summed E-state index contributed by atoms with van der Waals surface area (Å²) in [5, 5.41) is 10.4. The van der Waals surface area contributed by atoms with Gasteiger partial charge in [0.05, 0.1) is 0 Å². The number of aromatic nitrogens is 1. The van der Waals surface area contributed by atoms with Crippen molar-refractivity contribution in [1.29, 1.82) is 0 Å². The summed E-state index contributed by atoms with van der Waals surface area (Å²) in [5.41, 5.74) is 1.89. The molecule has 0 aliphatic heterocycles. The van der Waals surface area contributed by atoms with Gasteiger partial charge in [0.1, 0.15) is 5.75 Å². The molecule has 0 radical (unpaired) electrons. The van der Waals surface area contributed by atoms with Gasteiger partial charge in [-0.3, -0.25) is 0 Å². The molecule has 0 unspecified atom stereocenters. The second kappa shape index (κ2) is 2.02. The van der Waals surface area contributed by atoms with Gasteiger partial charge in [0.2, 0.25) is 0 Å². The van der Waals surface area contributed by atoms with E-state index in [1.807, 2.05) is 31.3 Å². The van der Waals surface area contributed by atoms with Crippen LogP contribution in [0, 0.1) is 6.92 Å². The zero-order valence-corrected chi connectivity index (χ0v) is 6.26. The van der Waals surface area contributed by atoms with Crippen LogP contribution in [0.2, 0.25) is 0 Å². The first-order valence-corrected chi connectivity index (χ1v) is 3.54. The van der Waals surface area contributed by atoms with Crippen LogP contribution in [-0.2, 0) is 0 Å². The number of hydrogen-bond donors (Lipinski definition) is 2. The Balaban J connectivity index is 2.93. The summed E-state index contributed by atoms with van der Waals surface area (Å²) in [6.45, 7) is 1.89. The number of aromatic amines is 1. The van der Waals surface area contributed by atoms with Gasteiger partial charge in [-0.2, -0.15) is 0 Å². The number of nitrogens with one attached hydrogen (secondary N) is 1. The number of fused-ring (bicyclic) bond motifs is 1. The fraction of sp³-hybridized carbons (Fsp3) is 0.111. The smallest absolute Gasteiger partial charge is 0.127 e. The summed E-state index contributed by atoms with van der Waals surface area (Å²) < 4.78 is 0. The Kier molecular flexibility index (Phi) is 1.15. The van der Waals surface area contributed by atoms with Crippen LogP contribution in [0.15, 0.2) is 24.4 Å². The van der Waals surface area contributed by atoms with Crippen LogP contribution in [0.1, 0.15) is 5.56 Å². The minimum absolute atomic E-state index is 0.378. The normalized spacial score (nSPS) is 10.6. The summed E-state index contributed by atoms with van der Waals surface area (Å²) in [6.07, 6.45) is 1.82. The summed E-state index contributed by atoms with van der Waals surface area (Å²) >= 11 is 0. The fourth-order valence-electron chi connectivity index (χ4n) is 1.23. The maximum atomic E-state index is 9.53. The van der Waals surface area contributed by atoms with E-state index < -0.39 is 0 Å². The van der Waals surface area contributed by atoms with Crippen LogP contribution in [0.3, 0.4) is 0 Å². The number of benzene rings is 1. The second-order valence-corrected chi connectivity index (χ2v) is 2.67. The van der Waals surface area contributed by atoms with Gasteiger partial charge in [0.15, 0.2) is 0 Å². The average molecular weight is 147 g/mol. The number of phenolic OH excluding ortho intramolecular Hbond substituents is 1. The van der Waals surface area contributed by atoms with Crippen molar-refractivity contribution in [2.75, 3.05) is 0 Å². The molecule has 0 aliphatic rings. The molecule has 2 N–H and O–H groups in total. The molecule has 2 rings (SSSR count). The van der Waals surface area contributed by atoms with Crippen LogP contribution < -0.4 is 0 Å². The highest BCUT2D eigenvalue weighted by atomic mass is 16.3. The van der Waals surface area contributed by atoms with E-state index in [0.717, 1.165) is 16.5 Å². The third-order valence-electron chi connectivity index (χ3n) is 1.91. The number of hydrogen-bond acceptors (Lipinski definition) is 1. The Morgan fingerprint density at radius 1 is 1.27 bits per heavy atom. The van der Waals surface area contributed by atoms with Crippen molar-refractivity contribution in [3.8, 4) is 5.75 Å². The molecule has 1 aromatic heterocycles. The molecule has 0 saturated heterocycles. The van der Waals surface area contributed by atoms with Crippen molar-refractivity contribution in [2.24, 2.45) is 0 Å². The lowest BCUT2D eigenvalue weighted by Gasteiger charge is -1.98. The van der Waals surface area contributed by atoms with Crippen LogP contribution >= 0.6 is 0 Å². The zero-order valence-electron chi connectivity index (χ0n) is 6.26. The highest BCUT2D eigenvalue weighted by molar-refractivity contribution is 5.86. The van der Waals surface area contributed by atoms with E-state index >= 15 is 0 Å². The topological polar surface area (TPSA) is 36.0 Å². The molecule has 0 atom stereocenters. The molecule has 1 heterocycles. The van der Waals surface area contributed by atoms with Crippen molar-refractivity contribution in [1.82, 2.24) is 4.98 Å². The average Bonchev–Trinajstić information content (AvgIpc) is 2.45. The van der Waals surface area contributed by atoms with Gasteiger partial charge < -0.3 is 10.1 Å². The highest BCUT2D eigenvalue weighted by Gasteiger charge is 2.01. The van der Waals surface area contributed by atoms with Gasteiger partial charge >= 0.3 is 0 Å². The first-order chi connectivity index (χ1) is 5.29. The van der Waals surface area contributed by atoms with E-state index in [9.17, 15) is 5.11 Å². The Morgan fingerprint density at radius 3 is 2.91 bits per heavy atom. The molecule has 0 fully saturated rings. The van der Waals surface area contributed by atoms with Crippen LogP contribution in [0.25, 0.3) is 10.9 Å². The molecule has 0 saturated carbocycles. The maximum absolute atomic E-state index is 9.53. The summed E-state index contributed by atoms with van der Waals surface area (Å²) in [4.78, 5) is 3.03. The predicted molar refractivity (Wildman–Crippen MR) is 44.7 cm³/mol. The molecule has 56 valence electrons. The summed E-state index contributed by atoms with van der Waals surface area (Å²) in [5.74, 6) is 0.378. The minimum Gasteiger partial charge on any atom is -0.507 e. The third-order valence-corrected chi connectivity index (χ3v) is 1.91. The van der Waals surface area contributed by atoms with Gasteiger partial charge in [-0.25, -0.2) is 0 Å². The molecule has 0 aliphatic carbocycles. The molecular formula is C9H9NO. The lowest BCUT2D eigenvalue weighted by molar-refractivity contribution is 0.477. The molecule has 0 spiro atoms. The van der Waals surface area contributed by atoms with Crippen molar-refractivity contribution in [2.45, 2.75) is 6.92 Å². The van der Waals surface area contributed by atoms with E-state index in [4.69, 9.17) is 0 Å². The quantitative estimate of drug-likeness (QED) is 0.588. The Bertz CT molecular complexity index is 389. The molecule has 2 nitrogen and oxygen atoms in total. The van der Waals surface area contributed by atoms with Gasteiger partial charge in [-0.1, -0.05) is 6.07 Å². The number of phenols is 1. The van der Waals surface area contributed by atoms with E-state index in [1.165, 1.54) is 0 Å². The predicted octanol–water partition coefficient (Wildman–Crippen LogP) is 2.18. The molecule has 2 heteroatoms. The van der Waals surface area contributed by atoms with Crippen LogP contribution in [0.5, 0.6) is 5.75 Å². The molecule has 0 bridgehead atoms. The largest absolute Gasteiger partial charge is 0.507 e. The van der Waals surface area contributed by atoms with Crippen molar-refractivity contribution in [3.63, 3.8) is 0 Å². The van der Waals surface area contributed by atoms with E-state index in [0.29, 0.717) is 5.75 Å². The fourth-order valence-corrected chi connectivity index (χ4v) is 1.23. The molecular weight excluding hydrogens is 138 g/mol. The molecule has 11 heavy (non-hydrogen) atoms. The van der Waals surface area contributed by atoms with E-state index in [-0.39, 0.29) is 0 Å². The van der Waals surface area contributed by atoms with Crippen molar-refractivity contribution >= 4 is 10.9 Å². The minimum atomic E-state index is 0.378. The third kappa shape index (κ3) is 0.792. The van der Waals surface area contributed by atoms with Gasteiger partial charge in [0.25, 0.3) is 0 Å². The van der Waals surface area contributed by atoms with Crippen molar-refractivity contribution < 1.29 is 5.11 Å². The lowest BCUT2D eigenvalue weighted by Crippen LogP contribution is -1.74. The number of aryl methyl sites for hydroxylation is 1. The standard InChI is InChI=1S/C9H9NO/c1-6-2-3-8-7(9(6)11)4-5-10-8/h2-5,10-11H,1H3. The monoisotopic (exact) mass is 147 g/mol. The lowest BCUT2D eigenvalue weighted by atomic mass is 10.1. The first kappa shape index (κ1) is 6.28. The Labute approximate surface area is 64.5 Å². The van der Waals surface area contributed by atoms with E-state index in [1.54, 1.807) is 0 Å². The van der Waals surface area contributed by atoms with E-state index in [2.05, 4.69) is 4.98 Å². The molecule has 1 aromatic carbocycles. The zero-order chi connectivity index (χ0) is 7.84. The maximum Gasteiger partial charge on any atom is 0.127 e. The van der Waals surface area contributed by atoms with Gasteiger partial charge in [-0.05, 0) is 24.6 Å². The highest BCUT2D eigenvalue weighted by Crippen LogP contribution is 2.26. The molecule has 2 aromatic rings. The Hall–Kier alpha value is -1.44. The second-order valence-electron chi connectivity index (χ2n) is 2.67. The Morgan fingerprint density at radius 2 is 2.09 bits per heavy atom. The van der Waals surface area contributed by atoms with Gasteiger partial charge in [0, 0.05) is 17.1 Å². The number of rotatable bonds is 0. The SMILES string of the molecule is Cc1ccc2[nH]ccc2c1O. The first-order valence-electron chi connectivity index (χ1n) is 3.54. The van der Waals surface area contributed by atoms with Crippen LogP contribution in [0.4, 0.5) is 0 Å². The van der Waals surface area contributed by atoms with Gasteiger partial charge in [-0.15, -0.1) is 0 Å². The van der Waals surface area contributed by atoms with Crippen molar-refractivity contribution in [3.05, 3.63) is 30.0 Å². The summed E-state index contributed by atoms with van der Waals surface area (Å²) in [6, 6.07) is 5.73. The number of aromatic hydroxyl groups is 1. The molecule has 0 amide bonds. The summed E-state index contributed by atoms with van der Waals surface area (Å²) in [7, 11) is 0. The number of H-pyrrole nitrogens is 1. The van der Waals surface area contributed by atoms with Crippen LogP contribution in [-0.4, -0.2) is 10.1 Å².